The van der Waals surface area contributed by atoms with Crippen LogP contribution in [0.4, 0.5) is 10.1 Å². The van der Waals surface area contributed by atoms with Gasteiger partial charge < -0.3 is 5.32 Å². The van der Waals surface area contributed by atoms with Gasteiger partial charge in [-0.2, -0.15) is 0 Å². The Morgan fingerprint density at radius 3 is 2.48 bits per heavy atom. The second-order valence-corrected chi connectivity index (χ2v) is 6.01. The van der Waals surface area contributed by atoms with Gasteiger partial charge in [-0.3, -0.25) is 9.78 Å². The number of halogens is 1. The molecule has 2 rings (SSSR count). The molecule has 0 fully saturated rings. The van der Waals surface area contributed by atoms with Crippen LogP contribution in [0.25, 0.3) is 11.1 Å². The number of aryl methyl sites for hydroxylation is 1. The SMILES string of the molecule is Cc1nccc(-c2ccccc2NC(=O)C(C)(C)C)c1F. The van der Waals surface area contributed by atoms with Gasteiger partial charge in [-0.05, 0) is 19.1 Å². The topological polar surface area (TPSA) is 42.0 Å². The zero-order valence-electron chi connectivity index (χ0n) is 12.7. The van der Waals surface area contributed by atoms with Gasteiger partial charge in [0.1, 0.15) is 0 Å². The number of hydrogen-bond acceptors (Lipinski definition) is 2. The maximum Gasteiger partial charge on any atom is 0.229 e. The number of carbonyl (C=O) groups excluding carboxylic acids is 1. The Bertz CT molecular complexity index is 675. The van der Waals surface area contributed by atoms with Crippen LogP contribution in [0.15, 0.2) is 36.5 Å². The van der Waals surface area contributed by atoms with E-state index in [9.17, 15) is 9.18 Å². The highest BCUT2D eigenvalue weighted by Gasteiger charge is 2.22. The Hall–Kier alpha value is -2.23. The molecule has 1 N–H and O–H groups in total. The minimum absolute atomic E-state index is 0.110. The van der Waals surface area contributed by atoms with Gasteiger partial charge in [-0.1, -0.05) is 39.0 Å². The third-order valence-electron chi connectivity index (χ3n) is 3.21. The predicted octanol–water partition coefficient (Wildman–Crippen LogP) is 4.18. The fourth-order valence-corrected chi connectivity index (χ4v) is 1.89. The molecule has 0 spiro atoms. The number of para-hydroxylation sites is 1. The molecule has 0 unspecified atom stereocenters. The van der Waals surface area contributed by atoms with Gasteiger partial charge >= 0.3 is 0 Å². The molecule has 0 bridgehead atoms. The molecule has 0 radical (unpaired) electrons. The lowest BCUT2D eigenvalue weighted by atomic mass is 9.95. The van der Waals surface area contributed by atoms with Gasteiger partial charge in [0.25, 0.3) is 0 Å². The number of benzene rings is 1. The lowest BCUT2D eigenvalue weighted by Crippen LogP contribution is -2.27. The van der Waals surface area contributed by atoms with Crippen molar-refractivity contribution in [1.29, 1.82) is 0 Å². The molecule has 0 atom stereocenters. The molecule has 0 saturated heterocycles. The summed E-state index contributed by atoms with van der Waals surface area (Å²) < 4.78 is 14.3. The third-order valence-corrected chi connectivity index (χ3v) is 3.21. The molecule has 0 aliphatic rings. The molecule has 4 heteroatoms. The molecular formula is C17H19FN2O. The molecule has 0 aliphatic carbocycles. The second kappa shape index (κ2) is 5.64. The summed E-state index contributed by atoms with van der Waals surface area (Å²) in [7, 11) is 0. The van der Waals surface area contributed by atoms with Crippen LogP contribution in [0.1, 0.15) is 26.5 Å². The van der Waals surface area contributed by atoms with E-state index in [1.54, 1.807) is 31.3 Å². The molecular weight excluding hydrogens is 267 g/mol. The molecule has 1 aromatic carbocycles. The first-order chi connectivity index (χ1) is 9.80. The van der Waals surface area contributed by atoms with Crippen LogP contribution in [0.2, 0.25) is 0 Å². The number of nitrogens with one attached hydrogen (secondary N) is 1. The highest BCUT2D eigenvalue weighted by Crippen LogP contribution is 2.31. The Morgan fingerprint density at radius 2 is 1.81 bits per heavy atom. The van der Waals surface area contributed by atoms with Crippen molar-refractivity contribution in [3.63, 3.8) is 0 Å². The number of pyridine rings is 1. The summed E-state index contributed by atoms with van der Waals surface area (Å²) in [5, 5.41) is 2.87. The average molecular weight is 286 g/mol. The summed E-state index contributed by atoms with van der Waals surface area (Å²) in [6, 6.07) is 8.81. The van der Waals surface area contributed by atoms with E-state index in [1.165, 1.54) is 0 Å². The molecule has 1 amide bonds. The minimum atomic E-state index is -0.514. The predicted molar refractivity (Wildman–Crippen MR) is 82.5 cm³/mol. The van der Waals surface area contributed by atoms with E-state index in [1.807, 2.05) is 32.9 Å². The lowest BCUT2D eigenvalue weighted by molar-refractivity contribution is -0.123. The smallest absolute Gasteiger partial charge is 0.229 e. The molecule has 2 aromatic rings. The van der Waals surface area contributed by atoms with Crippen molar-refractivity contribution in [2.45, 2.75) is 27.7 Å². The van der Waals surface area contributed by atoms with Gasteiger partial charge in [0.15, 0.2) is 5.82 Å². The molecule has 1 heterocycles. The quantitative estimate of drug-likeness (QED) is 0.899. The summed E-state index contributed by atoms with van der Waals surface area (Å²) >= 11 is 0. The van der Waals surface area contributed by atoms with Crippen molar-refractivity contribution >= 4 is 11.6 Å². The molecule has 0 aliphatic heterocycles. The summed E-state index contributed by atoms with van der Waals surface area (Å²) in [6.07, 6.45) is 1.57. The molecule has 0 saturated carbocycles. The largest absolute Gasteiger partial charge is 0.325 e. The van der Waals surface area contributed by atoms with Crippen LogP contribution in [-0.4, -0.2) is 10.9 Å². The van der Waals surface area contributed by atoms with Crippen molar-refractivity contribution in [3.05, 3.63) is 48.0 Å². The van der Waals surface area contributed by atoms with E-state index in [0.717, 1.165) is 0 Å². The van der Waals surface area contributed by atoms with E-state index in [0.29, 0.717) is 22.5 Å². The zero-order chi connectivity index (χ0) is 15.6. The number of rotatable bonds is 2. The number of aromatic nitrogens is 1. The number of hydrogen-bond donors (Lipinski definition) is 1. The number of carbonyl (C=O) groups is 1. The monoisotopic (exact) mass is 286 g/mol. The van der Waals surface area contributed by atoms with Crippen LogP contribution < -0.4 is 5.32 Å². The third kappa shape index (κ3) is 3.27. The fraction of sp³-hybridized carbons (Fsp3) is 0.294. The van der Waals surface area contributed by atoms with E-state index in [2.05, 4.69) is 10.3 Å². The Morgan fingerprint density at radius 1 is 1.14 bits per heavy atom. The normalized spacial score (nSPS) is 11.3. The summed E-state index contributed by atoms with van der Waals surface area (Å²) in [6.45, 7) is 7.13. The van der Waals surface area contributed by atoms with Crippen LogP contribution in [0, 0.1) is 18.2 Å². The second-order valence-electron chi connectivity index (χ2n) is 6.01. The van der Waals surface area contributed by atoms with Gasteiger partial charge in [0.05, 0.1) is 5.69 Å². The number of nitrogens with zero attached hydrogens (tertiary/aromatic N) is 1. The Balaban J connectivity index is 2.47. The standard InChI is InChI=1S/C17H19FN2O/c1-11-15(18)13(9-10-19-11)12-7-5-6-8-14(12)20-16(21)17(2,3)4/h5-10H,1-4H3,(H,20,21). The first-order valence-electron chi connectivity index (χ1n) is 6.82. The summed E-state index contributed by atoms with van der Waals surface area (Å²) in [4.78, 5) is 16.1. The summed E-state index contributed by atoms with van der Waals surface area (Å²) in [5.41, 5.74) is 1.51. The van der Waals surface area contributed by atoms with Crippen molar-refractivity contribution in [3.8, 4) is 11.1 Å². The lowest BCUT2D eigenvalue weighted by Gasteiger charge is -2.19. The maximum absolute atomic E-state index is 14.3. The van der Waals surface area contributed by atoms with Crippen molar-refractivity contribution < 1.29 is 9.18 Å². The number of amides is 1. The van der Waals surface area contributed by atoms with Crippen LogP contribution >= 0.6 is 0 Å². The van der Waals surface area contributed by atoms with Crippen molar-refractivity contribution in [2.24, 2.45) is 5.41 Å². The molecule has 1 aromatic heterocycles. The minimum Gasteiger partial charge on any atom is -0.325 e. The average Bonchev–Trinajstić information content (AvgIpc) is 2.42. The Labute approximate surface area is 124 Å². The van der Waals surface area contributed by atoms with Gasteiger partial charge in [-0.15, -0.1) is 0 Å². The number of anilines is 1. The maximum atomic E-state index is 14.3. The molecule has 3 nitrogen and oxygen atoms in total. The van der Waals surface area contributed by atoms with E-state index >= 15 is 0 Å². The van der Waals surface area contributed by atoms with Gasteiger partial charge in [0.2, 0.25) is 5.91 Å². The highest BCUT2D eigenvalue weighted by atomic mass is 19.1. The van der Waals surface area contributed by atoms with Crippen molar-refractivity contribution in [2.75, 3.05) is 5.32 Å². The first kappa shape index (κ1) is 15.2. The van der Waals surface area contributed by atoms with Gasteiger partial charge in [0, 0.05) is 28.4 Å². The highest BCUT2D eigenvalue weighted by molar-refractivity contribution is 5.98. The Kier molecular flexibility index (Phi) is 4.07. The fourth-order valence-electron chi connectivity index (χ4n) is 1.89. The van der Waals surface area contributed by atoms with Crippen molar-refractivity contribution in [1.82, 2.24) is 4.98 Å². The molecule has 21 heavy (non-hydrogen) atoms. The van der Waals surface area contributed by atoms with E-state index < -0.39 is 5.41 Å². The van der Waals surface area contributed by atoms with E-state index in [-0.39, 0.29) is 11.7 Å². The van der Waals surface area contributed by atoms with Crippen LogP contribution in [-0.2, 0) is 4.79 Å². The van der Waals surface area contributed by atoms with Gasteiger partial charge in [-0.25, -0.2) is 4.39 Å². The van der Waals surface area contributed by atoms with Crippen LogP contribution in [0.5, 0.6) is 0 Å². The van der Waals surface area contributed by atoms with E-state index in [4.69, 9.17) is 0 Å². The first-order valence-corrected chi connectivity index (χ1v) is 6.82. The summed E-state index contributed by atoms with van der Waals surface area (Å²) in [5.74, 6) is -0.476. The van der Waals surface area contributed by atoms with Crippen LogP contribution in [0.3, 0.4) is 0 Å². The zero-order valence-corrected chi connectivity index (χ0v) is 12.7. The molecule has 110 valence electrons.